The Bertz CT molecular complexity index is 1310. The number of rotatable bonds is 8. The van der Waals surface area contributed by atoms with Crippen molar-refractivity contribution in [3.05, 3.63) is 112 Å². The average Bonchev–Trinajstić information content (AvgIpc) is 3.33. The van der Waals surface area contributed by atoms with E-state index in [2.05, 4.69) is 10.3 Å². The molecule has 0 saturated carbocycles. The molecule has 9 heteroatoms. The lowest BCUT2D eigenvalue weighted by Gasteiger charge is -2.23. The molecule has 4 rings (SSSR count). The minimum Gasteiger partial charge on any atom is -0.298 e. The van der Waals surface area contributed by atoms with Crippen molar-refractivity contribution in [1.29, 1.82) is 0 Å². The summed E-state index contributed by atoms with van der Waals surface area (Å²) in [5, 5.41) is 5.50. The lowest BCUT2D eigenvalue weighted by Crippen LogP contribution is -2.30. The topological polar surface area (TPSA) is 79.4 Å². The first-order chi connectivity index (χ1) is 15.9. The molecular weight excluding hydrogens is 478 g/mol. The van der Waals surface area contributed by atoms with E-state index >= 15 is 0 Å². The van der Waals surface area contributed by atoms with Gasteiger partial charge in [0.05, 0.1) is 4.90 Å². The molecule has 1 N–H and O–H groups in total. The molecule has 0 atom stereocenters. The Labute approximate surface area is 201 Å². The predicted molar refractivity (Wildman–Crippen MR) is 131 cm³/mol. The lowest BCUT2D eigenvalue weighted by atomic mass is 10.1. The van der Waals surface area contributed by atoms with Crippen LogP contribution in [0.5, 0.6) is 0 Å². The molecule has 0 spiro atoms. The van der Waals surface area contributed by atoms with Crippen molar-refractivity contribution < 1.29 is 13.2 Å². The summed E-state index contributed by atoms with van der Waals surface area (Å²) in [5.41, 5.74) is 2.09. The summed E-state index contributed by atoms with van der Waals surface area (Å²) in [4.78, 5) is 16.6. The maximum absolute atomic E-state index is 13.4. The first kappa shape index (κ1) is 23.1. The van der Waals surface area contributed by atoms with Gasteiger partial charge in [-0.15, -0.1) is 11.3 Å². The number of aromatic nitrogens is 1. The van der Waals surface area contributed by atoms with E-state index in [0.717, 1.165) is 11.1 Å². The van der Waals surface area contributed by atoms with Crippen LogP contribution in [0.25, 0.3) is 0 Å². The number of hydrogen-bond donors (Lipinski definition) is 1. The fraction of sp³-hybridized carbons (Fsp3) is 0.0833. The van der Waals surface area contributed by atoms with Gasteiger partial charge in [0.25, 0.3) is 5.91 Å². The largest absolute Gasteiger partial charge is 0.298 e. The third kappa shape index (κ3) is 5.85. The van der Waals surface area contributed by atoms with E-state index in [1.54, 1.807) is 48.0 Å². The summed E-state index contributed by atoms with van der Waals surface area (Å²) in [7, 11) is -3.79. The molecule has 0 radical (unpaired) electrons. The van der Waals surface area contributed by atoms with Crippen LogP contribution in [0.4, 0.5) is 5.13 Å². The van der Waals surface area contributed by atoms with Gasteiger partial charge in [-0.05, 0) is 47.5 Å². The Balaban J connectivity index is 1.57. The van der Waals surface area contributed by atoms with Crippen LogP contribution in [0, 0.1) is 0 Å². The van der Waals surface area contributed by atoms with Gasteiger partial charge in [0.1, 0.15) is 0 Å². The van der Waals surface area contributed by atoms with Gasteiger partial charge in [-0.1, -0.05) is 54.1 Å². The number of carbonyl (C=O) groups excluding carboxylic acids is 1. The van der Waals surface area contributed by atoms with E-state index in [4.69, 9.17) is 11.6 Å². The van der Waals surface area contributed by atoms with Crippen LogP contribution in [0.3, 0.4) is 0 Å². The highest BCUT2D eigenvalue weighted by molar-refractivity contribution is 7.89. The third-order valence-corrected chi connectivity index (χ3v) is 7.63. The summed E-state index contributed by atoms with van der Waals surface area (Å²) in [6.07, 6.45) is 1.62. The van der Waals surface area contributed by atoms with Gasteiger partial charge in [0, 0.05) is 35.3 Å². The second-order valence-electron chi connectivity index (χ2n) is 7.20. The Kier molecular flexibility index (Phi) is 7.20. The molecule has 1 amide bonds. The first-order valence-electron chi connectivity index (χ1n) is 10.0. The van der Waals surface area contributed by atoms with Crippen molar-refractivity contribution in [1.82, 2.24) is 9.29 Å². The highest BCUT2D eigenvalue weighted by Gasteiger charge is 2.25. The van der Waals surface area contributed by atoms with E-state index in [1.165, 1.54) is 27.8 Å². The van der Waals surface area contributed by atoms with Crippen LogP contribution in [0.15, 0.2) is 95.3 Å². The molecule has 0 saturated heterocycles. The van der Waals surface area contributed by atoms with Crippen LogP contribution in [-0.4, -0.2) is 23.6 Å². The fourth-order valence-corrected chi connectivity index (χ4v) is 5.25. The van der Waals surface area contributed by atoms with Gasteiger partial charge in [0.2, 0.25) is 10.0 Å². The molecule has 0 fully saturated rings. The molecule has 0 aliphatic rings. The molecule has 0 aliphatic heterocycles. The Morgan fingerprint density at radius 1 is 0.909 bits per heavy atom. The number of thiazole rings is 1. The quantitative estimate of drug-likeness (QED) is 0.351. The van der Waals surface area contributed by atoms with Gasteiger partial charge >= 0.3 is 0 Å². The SMILES string of the molecule is O=C(Nc1nccs1)c1ccc(CN(Cc2ccccc2)S(=O)(=O)c2ccc(Cl)cc2)cc1. The number of halogens is 1. The van der Waals surface area contributed by atoms with Crippen LogP contribution in [0.2, 0.25) is 5.02 Å². The van der Waals surface area contributed by atoms with Crippen LogP contribution in [-0.2, 0) is 23.1 Å². The molecule has 33 heavy (non-hydrogen) atoms. The summed E-state index contributed by atoms with van der Waals surface area (Å²) < 4.78 is 28.2. The Morgan fingerprint density at radius 3 is 2.15 bits per heavy atom. The van der Waals surface area contributed by atoms with E-state index in [0.29, 0.717) is 15.7 Å². The number of nitrogens with zero attached hydrogens (tertiary/aromatic N) is 2. The first-order valence-corrected chi connectivity index (χ1v) is 12.7. The van der Waals surface area contributed by atoms with E-state index < -0.39 is 10.0 Å². The van der Waals surface area contributed by atoms with E-state index in [-0.39, 0.29) is 23.9 Å². The Hall–Kier alpha value is -3.04. The number of benzene rings is 3. The summed E-state index contributed by atoms with van der Waals surface area (Å²) in [6, 6.07) is 22.4. The zero-order valence-electron chi connectivity index (χ0n) is 17.4. The summed E-state index contributed by atoms with van der Waals surface area (Å²) in [6.45, 7) is 0.353. The molecule has 4 aromatic rings. The second kappa shape index (κ2) is 10.3. The molecule has 168 valence electrons. The van der Waals surface area contributed by atoms with Crippen molar-refractivity contribution in [2.24, 2.45) is 0 Å². The number of carbonyl (C=O) groups is 1. The zero-order chi connectivity index (χ0) is 23.3. The smallest absolute Gasteiger partial charge is 0.257 e. The molecular formula is C24H20ClN3O3S2. The van der Waals surface area contributed by atoms with Crippen LogP contribution < -0.4 is 5.32 Å². The van der Waals surface area contributed by atoms with E-state index in [1.807, 2.05) is 30.3 Å². The normalized spacial score (nSPS) is 11.5. The van der Waals surface area contributed by atoms with Gasteiger partial charge in [-0.2, -0.15) is 4.31 Å². The molecule has 6 nitrogen and oxygen atoms in total. The highest BCUT2D eigenvalue weighted by atomic mass is 35.5. The molecule has 0 aliphatic carbocycles. The minimum absolute atomic E-state index is 0.147. The fourth-order valence-electron chi connectivity index (χ4n) is 3.19. The summed E-state index contributed by atoms with van der Waals surface area (Å²) in [5.74, 6) is -0.272. The maximum Gasteiger partial charge on any atom is 0.257 e. The van der Waals surface area contributed by atoms with Crippen LogP contribution in [0.1, 0.15) is 21.5 Å². The zero-order valence-corrected chi connectivity index (χ0v) is 19.8. The highest BCUT2D eigenvalue weighted by Crippen LogP contribution is 2.23. The maximum atomic E-state index is 13.4. The van der Waals surface area contributed by atoms with Crippen molar-refractivity contribution in [2.75, 3.05) is 5.32 Å². The minimum atomic E-state index is -3.79. The van der Waals surface area contributed by atoms with Gasteiger partial charge in [-0.3, -0.25) is 10.1 Å². The number of nitrogens with one attached hydrogen (secondary N) is 1. The number of amides is 1. The number of sulfonamides is 1. The molecule has 0 bridgehead atoms. The van der Waals surface area contributed by atoms with Gasteiger partial charge in [0.15, 0.2) is 5.13 Å². The molecule has 1 heterocycles. The van der Waals surface area contributed by atoms with Crippen molar-refractivity contribution in [3.63, 3.8) is 0 Å². The van der Waals surface area contributed by atoms with Gasteiger partial charge in [-0.25, -0.2) is 13.4 Å². The second-order valence-corrected chi connectivity index (χ2v) is 10.5. The summed E-state index contributed by atoms with van der Waals surface area (Å²) >= 11 is 7.28. The third-order valence-electron chi connectivity index (χ3n) is 4.88. The number of hydrogen-bond acceptors (Lipinski definition) is 5. The van der Waals surface area contributed by atoms with Crippen molar-refractivity contribution in [2.45, 2.75) is 18.0 Å². The lowest BCUT2D eigenvalue weighted by molar-refractivity contribution is 0.102. The Morgan fingerprint density at radius 2 is 1.55 bits per heavy atom. The standard InChI is InChI=1S/C24H20ClN3O3S2/c25-21-10-12-22(13-11-21)33(30,31)28(16-18-4-2-1-3-5-18)17-19-6-8-20(9-7-19)23(29)27-24-26-14-15-32-24/h1-15H,16-17H2,(H,26,27,29). The van der Waals surface area contributed by atoms with Crippen molar-refractivity contribution >= 4 is 44.0 Å². The average molecular weight is 498 g/mol. The molecule has 1 aromatic heterocycles. The van der Waals surface area contributed by atoms with Gasteiger partial charge < -0.3 is 0 Å². The monoisotopic (exact) mass is 497 g/mol. The molecule has 3 aromatic carbocycles. The van der Waals surface area contributed by atoms with Crippen LogP contribution >= 0.6 is 22.9 Å². The van der Waals surface area contributed by atoms with E-state index in [9.17, 15) is 13.2 Å². The van der Waals surface area contributed by atoms with Crippen molar-refractivity contribution in [3.8, 4) is 0 Å². The predicted octanol–water partition coefficient (Wildman–Crippen LogP) is 5.44. The number of anilines is 1. The molecule has 0 unspecified atom stereocenters.